The van der Waals surface area contributed by atoms with Gasteiger partial charge in [-0.05, 0) is 38.0 Å². The number of ether oxygens (including phenoxy) is 1. The van der Waals surface area contributed by atoms with Crippen molar-refractivity contribution in [2.75, 3.05) is 13.7 Å². The summed E-state index contributed by atoms with van der Waals surface area (Å²) in [7, 11) is 1.68. The summed E-state index contributed by atoms with van der Waals surface area (Å²) in [6.07, 6.45) is 0. The molecule has 1 aromatic rings. The van der Waals surface area contributed by atoms with E-state index in [2.05, 4.69) is 37.4 Å². The highest BCUT2D eigenvalue weighted by atomic mass is 16.5. The molecule has 0 unspecified atom stereocenters. The predicted octanol–water partition coefficient (Wildman–Crippen LogP) is 3.17. The van der Waals surface area contributed by atoms with Crippen molar-refractivity contribution >= 4 is 0 Å². The monoisotopic (exact) mass is 260 g/mol. The third-order valence-corrected chi connectivity index (χ3v) is 3.43. The van der Waals surface area contributed by atoms with Crippen LogP contribution in [-0.2, 0) is 5.41 Å². The van der Waals surface area contributed by atoms with Crippen molar-refractivity contribution in [1.29, 1.82) is 5.26 Å². The number of hydrogen-bond acceptors (Lipinski definition) is 3. The van der Waals surface area contributed by atoms with Crippen LogP contribution in [0, 0.1) is 18.3 Å². The summed E-state index contributed by atoms with van der Waals surface area (Å²) in [6, 6.07) is 8.51. The van der Waals surface area contributed by atoms with Crippen molar-refractivity contribution in [3.8, 4) is 11.8 Å². The lowest BCUT2D eigenvalue weighted by Crippen LogP contribution is -2.44. The molecular weight excluding hydrogens is 236 g/mol. The average molecular weight is 260 g/mol. The average Bonchev–Trinajstić information content (AvgIpc) is 2.36. The second-order valence-electron chi connectivity index (χ2n) is 6.16. The van der Waals surface area contributed by atoms with E-state index in [1.165, 1.54) is 5.56 Å². The van der Waals surface area contributed by atoms with Gasteiger partial charge in [-0.3, -0.25) is 5.32 Å². The van der Waals surface area contributed by atoms with Gasteiger partial charge in [-0.25, -0.2) is 0 Å². The first kappa shape index (κ1) is 15.5. The predicted molar refractivity (Wildman–Crippen MR) is 78.5 cm³/mol. The molecule has 0 amide bonds. The van der Waals surface area contributed by atoms with Crippen molar-refractivity contribution in [3.05, 3.63) is 29.3 Å². The zero-order valence-corrected chi connectivity index (χ0v) is 12.8. The maximum atomic E-state index is 9.04. The first-order valence-corrected chi connectivity index (χ1v) is 6.53. The van der Waals surface area contributed by atoms with Gasteiger partial charge in [0.05, 0.1) is 13.2 Å². The Balaban J connectivity index is 2.89. The van der Waals surface area contributed by atoms with E-state index in [0.717, 1.165) is 17.9 Å². The van der Waals surface area contributed by atoms with Crippen molar-refractivity contribution < 1.29 is 4.74 Å². The van der Waals surface area contributed by atoms with Crippen LogP contribution in [0.3, 0.4) is 0 Å². The zero-order valence-electron chi connectivity index (χ0n) is 12.8. The SMILES string of the molecule is COc1ccc(C(C)(C)CNC(C)(C)C#N)cc1C. The Kier molecular flexibility index (Phi) is 4.60. The highest BCUT2D eigenvalue weighted by Crippen LogP contribution is 2.27. The van der Waals surface area contributed by atoms with E-state index in [1.54, 1.807) is 7.11 Å². The fraction of sp³-hybridized carbons (Fsp3) is 0.562. The molecule has 19 heavy (non-hydrogen) atoms. The minimum absolute atomic E-state index is 0.0366. The molecule has 0 heterocycles. The van der Waals surface area contributed by atoms with E-state index < -0.39 is 5.54 Å². The minimum atomic E-state index is -0.501. The van der Waals surface area contributed by atoms with Crippen LogP contribution in [-0.4, -0.2) is 19.2 Å². The summed E-state index contributed by atoms with van der Waals surface area (Å²) in [5.74, 6) is 0.907. The molecule has 0 fully saturated rings. The van der Waals surface area contributed by atoms with Gasteiger partial charge in [0.15, 0.2) is 0 Å². The highest BCUT2D eigenvalue weighted by Gasteiger charge is 2.25. The molecule has 0 radical (unpaired) electrons. The fourth-order valence-corrected chi connectivity index (χ4v) is 1.88. The van der Waals surface area contributed by atoms with Crippen molar-refractivity contribution in [2.45, 2.75) is 45.6 Å². The Morgan fingerprint density at radius 1 is 1.26 bits per heavy atom. The van der Waals surface area contributed by atoms with Crippen LogP contribution in [0.15, 0.2) is 18.2 Å². The van der Waals surface area contributed by atoms with Gasteiger partial charge in [-0.15, -0.1) is 0 Å². The van der Waals surface area contributed by atoms with Crippen LogP contribution in [0.1, 0.15) is 38.8 Å². The lowest BCUT2D eigenvalue weighted by Gasteiger charge is -2.30. The van der Waals surface area contributed by atoms with Crippen molar-refractivity contribution in [1.82, 2.24) is 5.32 Å². The van der Waals surface area contributed by atoms with Crippen LogP contribution in [0.25, 0.3) is 0 Å². The number of nitrogens with one attached hydrogen (secondary N) is 1. The largest absolute Gasteiger partial charge is 0.496 e. The molecule has 0 atom stereocenters. The molecule has 0 aromatic heterocycles. The topological polar surface area (TPSA) is 45.0 Å². The van der Waals surface area contributed by atoms with Crippen molar-refractivity contribution in [2.24, 2.45) is 0 Å². The van der Waals surface area contributed by atoms with Crippen molar-refractivity contribution in [3.63, 3.8) is 0 Å². The number of benzene rings is 1. The van der Waals surface area contributed by atoms with E-state index in [4.69, 9.17) is 10.00 Å². The standard InChI is InChI=1S/C16H24N2O/c1-12-9-13(7-8-14(12)19-6)15(2,3)11-18-16(4,5)10-17/h7-9,18H,11H2,1-6H3. The molecule has 104 valence electrons. The minimum Gasteiger partial charge on any atom is -0.496 e. The quantitative estimate of drug-likeness (QED) is 0.884. The molecular formula is C16H24N2O. The van der Waals surface area contributed by atoms with Gasteiger partial charge < -0.3 is 4.74 Å². The van der Waals surface area contributed by atoms with Gasteiger partial charge in [-0.2, -0.15) is 5.26 Å². The molecule has 0 spiro atoms. The first-order valence-electron chi connectivity index (χ1n) is 6.53. The number of rotatable bonds is 5. The Morgan fingerprint density at radius 3 is 2.37 bits per heavy atom. The molecule has 1 aromatic carbocycles. The lowest BCUT2D eigenvalue weighted by atomic mass is 9.83. The van der Waals surface area contributed by atoms with Crippen LogP contribution in [0.4, 0.5) is 0 Å². The molecule has 1 N–H and O–H groups in total. The molecule has 0 saturated heterocycles. The van der Waals surface area contributed by atoms with E-state index in [0.29, 0.717) is 0 Å². The summed E-state index contributed by atoms with van der Waals surface area (Å²) in [6.45, 7) is 10.9. The Hall–Kier alpha value is -1.53. The zero-order chi connectivity index (χ0) is 14.7. The number of aryl methyl sites for hydroxylation is 1. The summed E-state index contributed by atoms with van der Waals surface area (Å²) in [4.78, 5) is 0. The van der Waals surface area contributed by atoms with Gasteiger partial charge in [0.1, 0.15) is 11.3 Å². The molecule has 0 aliphatic carbocycles. The number of nitriles is 1. The van der Waals surface area contributed by atoms with Crippen LogP contribution >= 0.6 is 0 Å². The van der Waals surface area contributed by atoms with Gasteiger partial charge >= 0.3 is 0 Å². The second-order valence-corrected chi connectivity index (χ2v) is 6.16. The maximum absolute atomic E-state index is 9.04. The summed E-state index contributed by atoms with van der Waals surface area (Å²) >= 11 is 0. The third kappa shape index (κ3) is 3.97. The number of nitrogens with zero attached hydrogens (tertiary/aromatic N) is 1. The lowest BCUT2D eigenvalue weighted by molar-refractivity contribution is 0.394. The number of methoxy groups -OCH3 is 1. The maximum Gasteiger partial charge on any atom is 0.121 e. The Labute approximate surface area is 116 Å². The van der Waals surface area contributed by atoms with Crippen LogP contribution in [0.5, 0.6) is 5.75 Å². The summed E-state index contributed by atoms with van der Waals surface area (Å²) in [5.41, 5.74) is 1.84. The van der Waals surface area contributed by atoms with Crippen LogP contribution in [0.2, 0.25) is 0 Å². The summed E-state index contributed by atoms with van der Waals surface area (Å²) < 4.78 is 5.29. The Morgan fingerprint density at radius 2 is 1.89 bits per heavy atom. The number of hydrogen-bond donors (Lipinski definition) is 1. The second kappa shape index (κ2) is 5.63. The molecule has 0 aliphatic heterocycles. The van der Waals surface area contributed by atoms with Gasteiger partial charge in [-0.1, -0.05) is 26.0 Å². The van der Waals surface area contributed by atoms with Gasteiger partial charge in [0, 0.05) is 12.0 Å². The molecule has 3 heteroatoms. The van der Waals surface area contributed by atoms with Crippen LogP contribution < -0.4 is 10.1 Å². The summed E-state index contributed by atoms with van der Waals surface area (Å²) in [5, 5.41) is 12.3. The van der Waals surface area contributed by atoms with Gasteiger partial charge in [0.25, 0.3) is 0 Å². The normalized spacial score (nSPS) is 12.1. The first-order chi connectivity index (χ1) is 8.72. The molecule has 0 aliphatic rings. The smallest absolute Gasteiger partial charge is 0.121 e. The highest BCUT2D eigenvalue weighted by molar-refractivity contribution is 5.39. The van der Waals surface area contributed by atoms with Gasteiger partial charge in [0.2, 0.25) is 0 Å². The van der Waals surface area contributed by atoms with E-state index in [-0.39, 0.29) is 5.41 Å². The van der Waals surface area contributed by atoms with E-state index in [1.807, 2.05) is 26.8 Å². The Bertz CT molecular complexity index is 484. The molecule has 3 nitrogen and oxygen atoms in total. The molecule has 0 saturated carbocycles. The van der Waals surface area contributed by atoms with E-state index >= 15 is 0 Å². The fourth-order valence-electron chi connectivity index (χ4n) is 1.88. The molecule has 0 bridgehead atoms. The van der Waals surface area contributed by atoms with E-state index in [9.17, 15) is 0 Å². The third-order valence-electron chi connectivity index (χ3n) is 3.43. The molecule has 1 rings (SSSR count).